The highest BCUT2D eigenvalue weighted by Crippen LogP contribution is 2.21. The molecule has 0 fully saturated rings. The maximum absolute atomic E-state index is 13.4. The van der Waals surface area contributed by atoms with Crippen LogP contribution in [0, 0.1) is 19.7 Å². The van der Waals surface area contributed by atoms with Crippen LogP contribution in [0.4, 0.5) is 4.39 Å². The molecule has 0 saturated carbocycles. The van der Waals surface area contributed by atoms with Crippen LogP contribution in [0.3, 0.4) is 0 Å². The molecule has 0 saturated heterocycles. The van der Waals surface area contributed by atoms with Gasteiger partial charge in [-0.3, -0.25) is 0 Å². The van der Waals surface area contributed by atoms with Crippen molar-refractivity contribution in [3.8, 4) is 0 Å². The van der Waals surface area contributed by atoms with Gasteiger partial charge in [-0.2, -0.15) is 0 Å². The van der Waals surface area contributed by atoms with Crippen molar-refractivity contribution in [2.45, 2.75) is 33.2 Å². The van der Waals surface area contributed by atoms with E-state index in [1.165, 1.54) is 22.8 Å². The lowest BCUT2D eigenvalue weighted by Gasteiger charge is -2.19. The Morgan fingerprint density at radius 2 is 1.75 bits per heavy atom. The summed E-state index contributed by atoms with van der Waals surface area (Å²) in [5, 5.41) is 3.45. The monoisotopic (exact) mass is 271 g/mol. The molecule has 2 aromatic carbocycles. The van der Waals surface area contributed by atoms with Crippen LogP contribution in [-0.4, -0.2) is 6.54 Å². The number of benzene rings is 2. The molecule has 1 N–H and O–H groups in total. The van der Waals surface area contributed by atoms with Gasteiger partial charge in [0.05, 0.1) is 0 Å². The first-order valence-corrected chi connectivity index (χ1v) is 7.14. The maximum Gasteiger partial charge on any atom is 0.123 e. The molecule has 0 bridgehead atoms. The summed E-state index contributed by atoms with van der Waals surface area (Å²) in [4.78, 5) is 0. The van der Waals surface area contributed by atoms with E-state index in [9.17, 15) is 4.39 Å². The lowest BCUT2D eigenvalue weighted by Crippen LogP contribution is -2.23. The molecule has 0 spiro atoms. The van der Waals surface area contributed by atoms with Crippen LogP contribution in [0.2, 0.25) is 0 Å². The molecule has 20 heavy (non-hydrogen) atoms. The molecule has 0 aromatic heterocycles. The molecular weight excluding hydrogens is 249 g/mol. The van der Waals surface area contributed by atoms with Crippen molar-refractivity contribution in [3.63, 3.8) is 0 Å². The molecule has 1 unspecified atom stereocenters. The Balaban J connectivity index is 2.25. The van der Waals surface area contributed by atoms with Gasteiger partial charge in [0.1, 0.15) is 5.82 Å². The van der Waals surface area contributed by atoms with Crippen LogP contribution < -0.4 is 5.32 Å². The fraction of sp³-hybridized carbons (Fsp3) is 0.333. The van der Waals surface area contributed by atoms with Gasteiger partial charge in [-0.05, 0) is 50.1 Å². The van der Waals surface area contributed by atoms with Gasteiger partial charge >= 0.3 is 0 Å². The molecule has 2 aromatic rings. The number of hydrogen-bond donors (Lipinski definition) is 1. The first-order valence-electron chi connectivity index (χ1n) is 7.14. The molecule has 0 aliphatic rings. The molecule has 1 nitrogen and oxygen atoms in total. The Morgan fingerprint density at radius 3 is 2.35 bits per heavy atom. The largest absolute Gasteiger partial charge is 0.310 e. The van der Waals surface area contributed by atoms with E-state index < -0.39 is 0 Å². The zero-order valence-corrected chi connectivity index (χ0v) is 12.4. The van der Waals surface area contributed by atoms with E-state index in [0.717, 1.165) is 18.5 Å². The molecule has 0 aliphatic heterocycles. The van der Waals surface area contributed by atoms with E-state index in [0.29, 0.717) is 0 Å². The number of aryl methyl sites for hydroxylation is 2. The standard InChI is InChI=1S/C18H22FN/c1-4-20-18(16-6-5-7-17(19)12-16)11-15-9-13(2)8-14(3)10-15/h5-10,12,18,20H,4,11H2,1-3H3. The molecule has 2 rings (SSSR count). The van der Waals surface area contributed by atoms with Gasteiger partial charge in [0.15, 0.2) is 0 Å². The molecule has 2 heteroatoms. The summed E-state index contributed by atoms with van der Waals surface area (Å²) in [5.74, 6) is -0.175. The fourth-order valence-corrected chi connectivity index (χ4v) is 2.70. The average molecular weight is 271 g/mol. The summed E-state index contributed by atoms with van der Waals surface area (Å²) in [6, 6.07) is 13.6. The van der Waals surface area contributed by atoms with Crippen molar-refractivity contribution < 1.29 is 4.39 Å². The van der Waals surface area contributed by atoms with Gasteiger partial charge in [-0.15, -0.1) is 0 Å². The number of hydrogen-bond acceptors (Lipinski definition) is 1. The minimum absolute atomic E-state index is 0.150. The van der Waals surface area contributed by atoms with Gasteiger partial charge < -0.3 is 5.32 Å². The highest BCUT2D eigenvalue weighted by atomic mass is 19.1. The predicted molar refractivity (Wildman–Crippen MR) is 82.4 cm³/mol. The van der Waals surface area contributed by atoms with Gasteiger partial charge in [-0.25, -0.2) is 4.39 Å². The second-order valence-electron chi connectivity index (χ2n) is 5.37. The summed E-state index contributed by atoms with van der Waals surface area (Å²) >= 11 is 0. The zero-order chi connectivity index (χ0) is 14.5. The maximum atomic E-state index is 13.4. The quantitative estimate of drug-likeness (QED) is 0.853. The summed E-state index contributed by atoms with van der Waals surface area (Å²) in [6.45, 7) is 7.17. The van der Waals surface area contributed by atoms with Crippen LogP contribution in [-0.2, 0) is 6.42 Å². The molecule has 106 valence electrons. The zero-order valence-electron chi connectivity index (χ0n) is 12.4. The minimum atomic E-state index is -0.175. The van der Waals surface area contributed by atoms with E-state index in [-0.39, 0.29) is 11.9 Å². The third-order valence-electron chi connectivity index (χ3n) is 3.42. The van der Waals surface area contributed by atoms with Gasteiger partial charge in [0.25, 0.3) is 0 Å². The topological polar surface area (TPSA) is 12.0 Å². The first-order chi connectivity index (χ1) is 9.58. The second-order valence-corrected chi connectivity index (χ2v) is 5.37. The van der Waals surface area contributed by atoms with E-state index in [1.54, 1.807) is 12.1 Å². The van der Waals surface area contributed by atoms with Crippen LogP contribution in [0.1, 0.15) is 35.2 Å². The molecular formula is C18H22FN. The fourth-order valence-electron chi connectivity index (χ4n) is 2.70. The van der Waals surface area contributed by atoms with Crippen LogP contribution in [0.25, 0.3) is 0 Å². The Labute approximate surface area is 120 Å². The normalized spacial score (nSPS) is 12.4. The van der Waals surface area contributed by atoms with Crippen LogP contribution >= 0.6 is 0 Å². The summed E-state index contributed by atoms with van der Waals surface area (Å²) < 4.78 is 13.4. The Hall–Kier alpha value is -1.67. The lowest BCUT2D eigenvalue weighted by molar-refractivity contribution is 0.542. The van der Waals surface area contributed by atoms with Gasteiger partial charge in [-0.1, -0.05) is 48.4 Å². The molecule has 0 heterocycles. The van der Waals surface area contributed by atoms with Crippen LogP contribution in [0.15, 0.2) is 42.5 Å². The Kier molecular flexibility index (Phi) is 4.91. The molecule has 0 aliphatic carbocycles. The Morgan fingerprint density at radius 1 is 1.05 bits per heavy atom. The van der Waals surface area contributed by atoms with Crippen molar-refractivity contribution in [1.29, 1.82) is 0 Å². The third-order valence-corrected chi connectivity index (χ3v) is 3.42. The van der Waals surface area contributed by atoms with Crippen molar-refractivity contribution >= 4 is 0 Å². The minimum Gasteiger partial charge on any atom is -0.310 e. The number of nitrogens with one attached hydrogen (secondary N) is 1. The van der Waals surface area contributed by atoms with E-state index in [1.807, 2.05) is 6.07 Å². The predicted octanol–water partition coefficient (Wildman–Crippen LogP) is 4.34. The van der Waals surface area contributed by atoms with Crippen molar-refractivity contribution in [2.24, 2.45) is 0 Å². The highest BCUT2D eigenvalue weighted by molar-refractivity contribution is 5.31. The third kappa shape index (κ3) is 3.91. The summed E-state index contributed by atoms with van der Waals surface area (Å²) in [5.41, 5.74) is 4.84. The van der Waals surface area contributed by atoms with Crippen molar-refractivity contribution in [1.82, 2.24) is 5.32 Å². The SMILES string of the molecule is CCNC(Cc1cc(C)cc(C)c1)c1cccc(F)c1. The van der Waals surface area contributed by atoms with Crippen LogP contribution in [0.5, 0.6) is 0 Å². The number of rotatable bonds is 5. The summed E-state index contributed by atoms with van der Waals surface area (Å²) in [7, 11) is 0. The van der Waals surface area contributed by atoms with E-state index in [2.05, 4.69) is 44.3 Å². The second kappa shape index (κ2) is 6.67. The smallest absolute Gasteiger partial charge is 0.123 e. The number of likely N-dealkylation sites (N-methyl/N-ethyl adjacent to an activating group) is 1. The molecule has 1 atom stereocenters. The first kappa shape index (κ1) is 14.7. The average Bonchev–Trinajstić information content (AvgIpc) is 2.37. The lowest BCUT2D eigenvalue weighted by atomic mass is 9.96. The summed E-state index contributed by atoms with van der Waals surface area (Å²) in [6.07, 6.45) is 0.875. The van der Waals surface area contributed by atoms with Crippen molar-refractivity contribution in [2.75, 3.05) is 6.54 Å². The Bertz CT molecular complexity index is 557. The highest BCUT2D eigenvalue weighted by Gasteiger charge is 2.12. The van der Waals surface area contributed by atoms with Crippen molar-refractivity contribution in [3.05, 3.63) is 70.5 Å². The molecule has 0 amide bonds. The van der Waals surface area contributed by atoms with Gasteiger partial charge in [0.2, 0.25) is 0 Å². The van der Waals surface area contributed by atoms with E-state index in [4.69, 9.17) is 0 Å². The van der Waals surface area contributed by atoms with E-state index >= 15 is 0 Å². The van der Waals surface area contributed by atoms with Gasteiger partial charge in [0, 0.05) is 6.04 Å². The number of halogens is 1. The molecule has 0 radical (unpaired) electrons.